The number of nitrogens with zero attached hydrogens (tertiary/aromatic N) is 4. The maximum absolute atomic E-state index is 8.25. The predicted octanol–water partition coefficient (Wildman–Crippen LogP) is -5.50. The second-order valence-corrected chi connectivity index (χ2v) is 3.94. The van der Waals surface area contributed by atoms with E-state index >= 15 is 0 Å². The number of nitrogens with two attached hydrogens (primary N) is 4. The van der Waals surface area contributed by atoms with Crippen LogP contribution in [0.5, 0.6) is 0 Å². The van der Waals surface area contributed by atoms with Crippen LogP contribution < -0.4 is 33.1 Å². The Morgan fingerprint density at radius 2 is 0.958 bits per heavy atom. The van der Waals surface area contributed by atoms with Crippen molar-refractivity contribution >= 4 is 23.3 Å². The molecule has 1 aliphatic carbocycles. The van der Waals surface area contributed by atoms with Crippen LogP contribution in [0.15, 0.2) is 10.2 Å². The molecular formula is C8H18N10O6. The van der Waals surface area contributed by atoms with Gasteiger partial charge >= 0.3 is 11.9 Å². The van der Waals surface area contributed by atoms with Crippen LogP contribution in [0, 0.1) is 30.6 Å². The zero-order valence-electron chi connectivity index (χ0n) is 12.4. The van der Waals surface area contributed by atoms with Gasteiger partial charge in [0, 0.05) is 0 Å². The molecule has 0 aromatic rings. The van der Waals surface area contributed by atoms with Crippen molar-refractivity contribution in [2.24, 2.45) is 33.1 Å². The van der Waals surface area contributed by atoms with Gasteiger partial charge in [-0.25, -0.2) is 0 Å². The van der Waals surface area contributed by atoms with Gasteiger partial charge in [-0.05, 0) is 25.7 Å². The molecule has 16 heteroatoms. The van der Waals surface area contributed by atoms with E-state index < -0.39 is 10.2 Å². The molecule has 0 radical (unpaired) electrons. The summed E-state index contributed by atoms with van der Waals surface area (Å²) in [6, 6.07) is 0. The summed E-state index contributed by atoms with van der Waals surface area (Å²) >= 11 is 0. The molecule has 24 heavy (non-hydrogen) atoms. The van der Waals surface area contributed by atoms with Gasteiger partial charge in [0.15, 0.2) is 0 Å². The summed E-state index contributed by atoms with van der Waals surface area (Å²) in [6.45, 7) is 0. The van der Waals surface area contributed by atoms with Gasteiger partial charge in [-0.2, -0.15) is 10.2 Å². The Balaban J connectivity index is 0. The van der Waals surface area contributed by atoms with Crippen LogP contribution in [0.1, 0.15) is 25.7 Å². The molecule has 0 aliphatic heterocycles. The minimum atomic E-state index is -1.75. The lowest BCUT2D eigenvalue weighted by Crippen LogP contribution is -2.73. The standard InChI is InChI=1S/C8H16N8.2NO3/c9-7(10)15-13-5-1-2-6(4-3-5)14-16-8(11)12;2*2-1(3)4/h1-4H2,(H4,9,10,15)(H4,11,12,16);;/q;2*-1/p+2. The Labute approximate surface area is 134 Å². The zero-order valence-corrected chi connectivity index (χ0v) is 12.4. The first-order valence-corrected chi connectivity index (χ1v) is 6.06. The third-order valence-corrected chi connectivity index (χ3v) is 2.09. The maximum atomic E-state index is 8.25. The molecule has 1 rings (SSSR count). The van der Waals surface area contributed by atoms with Gasteiger partial charge in [-0.1, -0.05) is 0 Å². The van der Waals surface area contributed by atoms with Gasteiger partial charge in [0.1, 0.15) is 0 Å². The Morgan fingerprint density at radius 3 is 1.12 bits per heavy atom. The number of guanidine groups is 2. The molecule has 1 saturated carbocycles. The number of hydrogen-bond donors (Lipinski definition) is 6. The largest absolute Gasteiger partial charge is 0.362 e. The molecule has 0 unspecified atom stereocenters. The topological polar surface area (TPSA) is 289 Å². The average Bonchev–Trinajstić information content (AvgIpc) is 2.42. The maximum Gasteiger partial charge on any atom is 0.362 e. The second-order valence-electron chi connectivity index (χ2n) is 3.94. The Morgan fingerprint density at radius 1 is 0.750 bits per heavy atom. The predicted molar refractivity (Wildman–Crippen MR) is 82.7 cm³/mol. The van der Waals surface area contributed by atoms with Crippen LogP contribution in [0.3, 0.4) is 0 Å². The number of hydrazone groups is 2. The molecule has 0 amide bonds. The molecule has 16 nitrogen and oxygen atoms in total. The highest BCUT2D eigenvalue weighted by molar-refractivity contribution is 5.97. The first-order chi connectivity index (χ1) is 11.0. The summed E-state index contributed by atoms with van der Waals surface area (Å²) in [4.78, 5) is 16.5. The lowest BCUT2D eigenvalue weighted by Gasteiger charge is -2.11. The van der Waals surface area contributed by atoms with Gasteiger partial charge in [-0.15, -0.1) is 10.2 Å². The smallest absolute Gasteiger partial charge is 0.356 e. The van der Waals surface area contributed by atoms with E-state index in [4.69, 9.17) is 53.6 Å². The lowest BCUT2D eigenvalue weighted by atomic mass is 9.97. The average molecular weight is 350 g/mol. The van der Waals surface area contributed by atoms with Crippen LogP contribution in [0.4, 0.5) is 0 Å². The Kier molecular flexibility index (Phi) is 12.2. The van der Waals surface area contributed by atoms with Gasteiger partial charge < -0.3 is 30.6 Å². The van der Waals surface area contributed by atoms with Crippen LogP contribution in [0.2, 0.25) is 0 Å². The monoisotopic (exact) mass is 350 g/mol. The number of rotatable bonds is 2. The molecule has 0 aromatic heterocycles. The van der Waals surface area contributed by atoms with Crippen LogP contribution in [-0.4, -0.2) is 33.5 Å². The van der Waals surface area contributed by atoms with Crippen molar-refractivity contribution < 1.29 is 20.4 Å². The highest BCUT2D eigenvalue weighted by Crippen LogP contribution is 2.11. The Bertz CT molecular complexity index is 465. The van der Waals surface area contributed by atoms with E-state index in [1.807, 2.05) is 0 Å². The molecule has 0 spiro atoms. The number of nitrogens with one attached hydrogen (secondary N) is 2. The first kappa shape index (κ1) is 22.6. The summed E-state index contributed by atoms with van der Waals surface area (Å²) in [5.74, 6) is 0.193. The van der Waals surface area contributed by atoms with Crippen molar-refractivity contribution in [2.45, 2.75) is 25.7 Å². The van der Waals surface area contributed by atoms with Crippen LogP contribution in [-0.2, 0) is 0 Å². The second kappa shape index (κ2) is 13.0. The fraction of sp³-hybridized carbons (Fsp3) is 0.500. The molecule has 0 heterocycles. The lowest BCUT2D eigenvalue weighted by molar-refractivity contribution is -0.465. The van der Waals surface area contributed by atoms with E-state index in [1.54, 1.807) is 0 Å². The molecule has 0 aromatic carbocycles. The third-order valence-electron chi connectivity index (χ3n) is 2.09. The van der Waals surface area contributed by atoms with Crippen molar-refractivity contribution in [1.29, 1.82) is 0 Å². The van der Waals surface area contributed by atoms with Crippen LogP contribution in [0.25, 0.3) is 0 Å². The highest BCUT2D eigenvalue weighted by Gasteiger charge is 2.13. The first-order valence-electron chi connectivity index (χ1n) is 6.06. The van der Waals surface area contributed by atoms with Gasteiger partial charge in [0.25, 0.3) is 0 Å². The SMILES string of the molecule is NC(N)=[NH+]N=C1CCC(=N[NH+]=C(N)N)CC1.O=[N+]([O-])[O-].O=[N+]([O-])[O-]. The van der Waals surface area contributed by atoms with Gasteiger partial charge in [0.2, 0.25) is 0 Å². The van der Waals surface area contributed by atoms with Crippen molar-refractivity contribution in [1.82, 2.24) is 0 Å². The van der Waals surface area contributed by atoms with E-state index in [2.05, 4.69) is 20.4 Å². The number of hydrogen-bond acceptors (Lipinski definition) is 8. The van der Waals surface area contributed by atoms with Gasteiger partial charge in [-0.3, -0.25) is 22.9 Å². The molecular weight excluding hydrogens is 332 g/mol. The normalized spacial score (nSPS) is 12.2. The van der Waals surface area contributed by atoms with Crippen molar-refractivity contribution in [2.75, 3.05) is 0 Å². The summed E-state index contributed by atoms with van der Waals surface area (Å²) < 4.78 is 0. The van der Waals surface area contributed by atoms with E-state index in [0.29, 0.717) is 0 Å². The van der Waals surface area contributed by atoms with Gasteiger partial charge in [0.05, 0.1) is 21.6 Å². The quantitative estimate of drug-likeness (QED) is 0.119. The third kappa shape index (κ3) is 20.6. The molecule has 10 N–H and O–H groups in total. The van der Waals surface area contributed by atoms with E-state index in [-0.39, 0.29) is 11.9 Å². The van der Waals surface area contributed by atoms with Crippen molar-refractivity contribution in [3.05, 3.63) is 30.6 Å². The molecule has 0 bridgehead atoms. The summed E-state index contributed by atoms with van der Waals surface area (Å²) in [6.07, 6.45) is 3.30. The minimum Gasteiger partial charge on any atom is -0.356 e. The zero-order chi connectivity index (χ0) is 19.1. The minimum absolute atomic E-state index is 0.0964. The van der Waals surface area contributed by atoms with Crippen molar-refractivity contribution in [3.8, 4) is 0 Å². The fourth-order valence-corrected chi connectivity index (χ4v) is 1.34. The van der Waals surface area contributed by atoms with E-state index in [1.165, 1.54) is 0 Å². The molecule has 0 atom stereocenters. The summed E-state index contributed by atoms with van der Waals surface area (Å²) in [5, 5.41) is 42.7. The van der Waals surface area contributed by atoms with E-state index in [0.717, 1.165) is 37.1 Å². The van der Waals surface area contributed by atoms with Crippen molar-refractivity contribution in [3.63, 3.8) is 0 Å². The fourth-order valence-electron chi connectivity index (χ4n) is 1.34. The molecule has 1 aliphatic rings. The Hall–Kier alpha value is -3.72. The molecule has 136 valence electrons. The molecule has 0 saturated heterocycles. The van der Waals surface area contributed by atoms with Crippen LogP contribution >= 0.6 is 0 Å². The summed E-state index contributed by atoms with van der Waals surface area (Å²) in [5.41, 5.74) is 23.0. The van der Waals surface area contributed by atoms with E-state index in [9.17, 15) is 0 Å². The summed E-state index contributed by atoms with van der Waals surface area (Å²) in [7, 11) is 0. The molecule has 1 fully saturated rings. The highest BCUT2D eigenvalue weighted by atomic mass is 16.9.